The van der Waals surface area contributed by atoms with Crippen molar-refractivity contribution >= 4 is 11.8 Å². The molecule has 0 bridgehead atoms. The summed E-state index contributed by atoms with van der Waals surface area (Å²) in [5, 5.41) is 10.6. The molecule has 1 aliphatic carbocycles. The van der Waals surface area contributed by atoms with Crippen LogP contribution in [0.4, 0.5) is 0 Å². The van der Waals surface area contributed by atoms with Crippen molar-refractivity contribution in [2.45, 2.75) is 58.2 Å². The highest BCUT2D eigenvalue weighted by atomic mass is 32.2. The summed E-state index contributed by atoms with van der Waals surface area (Å²) >= 11 is 1.96. The highest BCUT2D eigenvalue weighted by Crippen LogP contribution is 2.60. The van der Waals surface area contributed by atoms with E-state index in [9.17, 15) is 5.11 Å². The Bertz CT molecular complexity index is 689. The smallest absolute Gasteiger partial charge is 0.0937 e. The van der Waals surface area contributed by atoms with Crippen molar-refractivity contribution < 1.29 is 5.11 Å². The summed E-state index contributed by atoms with van der Waals surface area (Å²) in [5.41, 5.74) is 11.4. The Balaban J connectivity index is 2.00. The van der Waals surface area contributed by atoms with Crippen LogP contribution in [0.5, 0.6) is 0 Å². The monoisotopic (exact) mass is 343 g/mol. The van der Waals surface area contributed by atoms with Gasteiger partial charge in [-0.25, -0.2) is 0 Å². The van der Waals surface area contributed by atoms with E-state index in [-0.39, 0.29) is 11.2 Å². The summed E-state index contributed by atoms with van der Waals surface area (Å²) in [5.74, 6) is 0.374. The zero-order chi connectivity index (χ0) is 17.5. The summed E-state index contributed by atoms with van der Waals surface area (Å²) in [6.07, 6.45) is 4.41. The molecule has 0 saturated carbocycles. The van der Waals surface area contributed by atoms with E-state index in [2.05, 4.69) is 45.5 Å². The molecule has 1 aromatic carbocycles. The molecule has 0 spiro atoms. The van der Waals surface area contributed by atoms with Gasteiger partial charge in [-0.15, -0.1) is 11.8 Å². The lowest BCUT2D eigenvalue weighted by molar-refractivity contribution is 0.288. The predicted octanol–water partition coefficient (Wildman–Crippen LogP) is 5.65. The normalized spacial score (nSPS) is 25.7. The van der Waals surface area contributed by atoms with E-state index in [0.717, 1.165) is 19.3 Å². The number of aliphatic hydroxyl groups excluding tert-OH is 1. The Hall–Kier alpha value is -1.19. The molecular weight excluding hydrogens is 314 g/mol. The Labute approximate surface area is 150 Å². The fourth-order valence-electron chi connectivity index (χ4n) is 4.13. The Morgan fingerprint density at radius 2 is 2.17 bits per heavy atom. The number of thioether (sulfide) groups is 1. The SMILES string of the molecule is C=C(O)C1C2=C(CCC(C)(C)C2)SC1c1ccc(CN)cc1CC. The van der Waals surface area contributed by atoms with Crippen LogP contribution in [0.15, 0.2) is 41.0 Å². The number of nitrogens with two attached hydrogens (primary N) is 1. The third kappa shape index (κ3) is 3.16. The molecule has 0 saturated heterocycles. The number of hydrogen-bond acceptors (Lipinski definition) is 3. The lowest BCUT2D eigenvalue weighted by Gasteiger charge is -2.32. The number of benzene rings is 1. The van der Waals surface area contributed by atoms with Gasteiger partial charge in [-0.1, -0.05) is 45.5 Å². The highest BCUT2D eigenvalue weighted by molar-refractivity contribution is 8.03. The molecule has 1 aromatic rings. The number of aliphatic hydroxyl groups is 1. The topological polar surface area (TPSA) is 46.2 Å². The highest BCUT2D eigenvalue weighted by Gasteiger charge is 2.43. The summed E-state index contributed by atoms with van der Waals surface area (Å²) in [4.78, 5) is 1.49. The molecule has 0 fully saturated rings. The van der Waals surface area contributed by atoms with Crippen LogP contribution in [0.2, 0.25) is 0 Å². The van der Waals surface area contributed by atoms with Gasteiger partial charge in [-0.2, -0.15) is 0 Å². The molecule has 2 nitrogen and oxygen atoms in total. The number of aryl methyl sites for hydroxylation is 1. The van der Waals surface area contributed by atoms with Crippen LogP contribution in [0.3, 0.4) is 0 Å². The van der Waals surface area contributed by atoms with Crippen molar-refractivity contribution in [1.82, 2.24) is 0 Å². The third-order valence-corrected chi connectivity index (χ3v) is 7.02. The van der Waals surface area contributed by atoms with Crippen LogP contribution in [0, 0.1) is 11.3 Å². The van der Waals surface area contributed by atoms with Crippen molar-refractivity contribution in [1.29, 1.82) is 0 Å². The maximum absolute atomic E-state index is 10.4. The molecule has 2 unspecified atom stereocenters. The molecule has 2 atom stereocenters. The van der Waals surface area contributed by atoms with E-state index in [4.69, 9.17) is 5.73 Å². The molecule has 24 heavy (non-hydrogen) atoms. The number of rotatable bonds is 4. The van der Waals surface area contributed by atoms with E-state index in [0.29, 0.717) is 17.7 Å². The van der Waals surface area contributed by atoms with Crippen LogP contribution >= 0.6 is 11.8 Å². The van der Waals surface area contributed by atoms with E-state index in [1.54, 1.807) is 0 Å². The van der Waals surface area contributed by atoms with Crippen molar-refractivity contribution in [2.75, 3.05) is 0 Å². The first-order valence-electron chi connectivity index (χ1n) is 8.94. The van der Waals surface area contributed by atoms with Gasteiger partial charge in [0.1, 0.15) is 0 Å². The van der Waals surface area contributed by atoms with E-state index in [1.807, 2.05) is 11.8 Å². The summed E-state index contributed by atoms with van der Waals surface area (Å²) in [6.45, 7) is 11.4. The molecule has 2 aliphatic rings. The number of hydrogen-bond donors (Lipinski definition) is 2. The molecule has 3 rings (SSSR count). The van der Waals surface area contributed by atoms with Gasteiger partial charge in [0.05, 0.1) is 11.7 Å². The summed E-state index contributed by atoms with van der Waals surface area (Å²) in [7, 11) is 0. The van der Waals surface area contributed by atoms with E-state index in [1.165, 1.54) is 33.6 Å². The number of allylic oxidation sites excluding steroid dienone is 2. The molecule has 3 N–H and O–H groups in total. The molecule has 130 valence electrons. The standard InChI is InChI=1S/C21H29NOS/c1-5-15-10-14(12-22)6-7-16(15)20-19(13(2)23)17-11-21(3,4)9-8-18(17)24-20/h6-7,10,19-20,23H,2,5,8-9,11-12,22H2,1,3-4H3. The van der Waals surface area contributed by atoms with Crippen molar-refractivity contribution in [2.24, 2.45) is 17.1 Å². The van der Waals surface area contributed by atoms with Crippen LogP contribution in [0.25, 0.3) is 0 Å². The lowest BCUT2D eigenvalue weighted by Crippen LogP contribution is -2.21. The lowest BCUT2D eigenvalue weighted by atomic mass is 9.72. The van der Waals surface area contributed by atoms with Gasteiger partial charge in [0.15, 0.2) is 0 Å². The average Bonchev–Trinajstić information content (AvgIpc) is 2.91. The van der Waals surface area contributed by atoms with Gasteiger partial charge >= 0.3 is 0 Å². The molecule has 3 heteroatoms. The Morgan fingerprint density at radius 1 is 1.42 bits per heavy atom. The minimum Gasteiger partial charge on any atom is -0.512 e. The molecule has 1 aliphatic heterocycles. The van der Waals surface area contributed by atoms with Gasteiger partial charge in [-0.05, 0) is 58.3 Å². The summed E-state index contributed by atoms with van der Waals surface area (Å²) < 4.78 is 0. The second-order valence-electron chi connectivity index (χ2n) is 7.89. The van der Waals surface area contributed by atoms with Gasteiger partial charge < -0.3 is 10.8 Å². The van der Waals surface area contributed by atoms with Gasteiger partial charge in [0.25, 0.3) is 0 Å². The fourth-order valence-corrected chi connectivity index (χ4v) is 5.82. The molecule has 1 heterocycles. The second-order valence-corrected chi connectivity index (χ2v) is 9.12. The molecule has 0 aromatic heterocycles. The predicted molar refractivity (Wildman–Crippen MR) is 104 cm³/mol. The van der Waals surface area contributed by atoms with Gasteiger partial charge in [0.2, 0.25) is 0 Å². The van der Waals surface area contributed by atoms with E-state index < -0.39 is 0 Å². The van der Waals surface area contributed by atoms with Crippen molar-refractivity contribution in [3.63, 3.8) is 0 Å². The zero-order valence-electron chi connectivity index (χ0n) is 15.1. The minimum atomic E-state index is 0.0543. The van der Waals surface area contributed by atoms with Crippen LogP contribution in [-0.4, -0.2) is 5.11 Å². The maximum Gasteiger partial charge on any atom is 0.0937 e. The Morgan fingerprint density at radius 3 is 2.79 bits per heavy atom. The van der Waals surface area contributed by atoms with Crippen LogP contribution in [0.1, 0.15) is 62.0 Å². The zero-order valence-corrected chi connectivity index (χ0v) is 15.9. The minimum absolute atomic E-state index is 0.0543. The summed E-state index contributed by atoms with van der Waals surface area (Å²) in [6, 6.07) is 6.58. The van der Waals surface area contributed by atoms with Crippen LogP contribution < -0.4 is 5.73 Å². The first kappa shape index (κ1) is 17.6. The van der Waals surface area contributed by atoms with E-state index >= 15 is 0 Å². The first-order valence-corrected chi connectivity index (χ1v) is 9.82. The van der Waals surface area contributed by atoms with Crippen LogP contribution in [-0.2, 0) is 13.0 Å². The Kier molecular flexibility index (Phi) is 4.85. The van der Waals surface area contributed by atoms with Crippen molar-refractivity contribution in [3.05, 3.63) is 57.7 Å². The second kappa shape index (κ2) is 6.61. The average molecular weight is 344 g/mol. The van der Waals surface area contributed by atoms with Gasteiger partial charge in [-0.3, -0.25) is 0 Å². The third-order valence-electron chi connectivity index (χ3n) is 5.49. The molecule has 0 radical (unpaired) electrons. The first-order chi connectivity index (χ1) is 11.4. The molecule has 0 amide bonds. The maximum atomic E-state index is 10.4. The fraction of sp³-hybridized carbons (Fsp3) is 0.524. The molecular formula is C21H29NOS. The van der Waals surface area contributed by atoms with Crippen molar-refractivity contribution in [3.8, 4) is 0 Å². The van der Waals surface area contributed by atoms with Gasteiger partial charge in [0, 0.05) is 11.8 Å². The quantitative estimate of drug-likeness (QED) is 0.695. The largest absolute Gasteiger partial charge is 0.512 e.